The summed E-state index contributed by atoms with van der Waals surface area (Å²) in [6.45, 7) is 4.65. The van der Waals surface area contributed by atoms with Crippen molar-refractivity contribution in [2.45, 2.75) is 19.3 Å². The van der Waals surface area contributed by atoms with Crippen LogP contribution in [0.4, 0.5) is 0 Å². The van der Waals surface area contributed by atoms with Gasteiger partial charge in [-0.25, -0.2) is 15.0 Å². The van der Waals surface area contributed by atoms with E-state index in [1.54, 1.807) is 11.3 Å². The first kappa shape index (κ1) is 33.9. The van der Waals surface area contributed by atoms with Gasteiger partial charge >= 0.3 is 0 Å². The predicted octanol–water partition coefficient (Wildman–Crippen LogP) is 14.8. The van der Waals surface area contributed by atoms with Gasteiger partial charge < -0.3 is 4.42 Å². The highest BCUT2D eigenvalue weighted by Crippen LogP contribution is 2.50. The van der Waals surface area contributed by atoms with Gasteiger partial charge in [0.25, 0.3) is 0 Å². The molecule has 0 N–H and O–H groups in total. The lowest BCUT2D eigenvalue weighted by atomic mass is 9.82. The van der Waals surface area contributed by atoms with E-state index in [2.05, 4.69) is 159 Å². The molecule has 1 aliphatic carbocycles. The van der Waals surface area contributed by atoms with E-state index in [0.717, 1.165) is 55.1 Å². The molecule has 0 bridgehead atoms. The fourth-order valence-electron chi connectivity index (χ4n) is 9.24. The van der Waals surface area contributed by atoms with Gasteiger partial charge in [-0.15, -0.1) is 11.3 Å². The minimum absolute atomic E-state index is 0.00581. The molecule has 4 nitrogen and oxygen atoms in total. The number of benzene rings is 8. The standard InChI is InChI=1S/C54H35N3OS/c1-54(2)43-18-8-6-14-37(43)41-30-35(26-28-44(41)54)32-22-24-33(25-23-32)36-27-29-45-42(31-36)49-39(16-10-19-46(49)58-45)52-55-51(34-12-4-3-5-13-34)56-53(57-52)40-17-11-21-48-50(40)38-15-7-9-20-47(38)59-48/h3-31H,1-2H3. The van der Waals surface area contributed by atoms with E-state index >= 15 is 0 Å². The Kier molecular flexibility index (Phi) is 7.41. The van der Waals surface area contributed by atoms with Gasteiger partial charge in [-0.2, -0.15) is 0 Å². The number of furan rings is 1. The summed E-state index contributed by atoms with van der Waals surface area (Å²) in [6.07, 6.45) is 0. The van der Waals surface area contributed by atoms with Crippen LogP contribution in [0.15, 0.2) is 180 Å². The molecule has 3 aromatic heterocycles. The van der Waals surface area contributed by atoms with E-state index in [1.165, 1.54) is 48.2 Å². The second-order valence-corrected chi connectivity index (χ2v) is 17.0. The molecule has 8 aromatic carbocycles. The Bertz CT molecular complexity index is 3470. The first-order chi connectivity index (χ1) is 29.0. The summed E-state index contributed by atoms with van der Waals surface area (Å²) in [4.78, 5) is 15.6. The van der Waals surface area contributed by atoms with Crippen LogP contribution in [0.5, 0.6) is 0 Å². The molecule has 5 heteroatoms. The summed E-state index contributed by atoms with van der Waals surface area (Å²) in [5.74, 6) is 1.88. The van der Waals surface area contributed by atoms with Crippen LogP contribution in [0.3, 0.4) is 0 Å². The summed E-state index contributed by atoms with van der Waals surface area (Å²) in [5.41, 5.74) is 14.6. The number of thiophene rings is 1. The van der Waals surface area contributed by atoms with Crippen LogP contribution in [-0.4, -0.2) is 15.0 Å². The Labute approximate surface area is 345 Å². The van der Waals surface area contributed by atoms with Crippen LogP contribution in [0.1, 0.15) is 25.0 Å². The summed E-state index contributed by atoms with van der Waals surface area (Å²) in [5, 5.41) is 4.37. The molecule has 0 radical (unpaired) electrons. The van der Waals surface area contributed by atoms with E-state index in [9.17, 15) is 0 Å². The molecule has 0 aliphatic heterocycles. The molecule has 12 rings (SSSR count). The molecule has 0 saturated carbocycles. The number of aromatic nitrogens is 3. The molecule has 0 fully saturated rings. The zero-order valence-electron chi connectivity index (χ0n) is 32.4. The van der Waals surface area contributed by atoms with Crippen molar-refractivity contribution in [3.8, 4) is 67.5 Å². The van der Waals surface area contributed by atoms with Crippen LogP contribution in [-0.2, 0) is 5.41 Å². The van der Waals surface area contributed by atoms with Crippen molar-refractivity contribution in [3.05, 3.63) is 187 Å². The van der Waals surface area contributed by atoms with Crippen LogP contribution in [0, 0.1) is 0 Å². The molecule has 0 spiro atoms. The highest BCUT2D eigenvalue weighted by molar-refractivity contribution is 7.25. The highest BCUT2D eigenvalue weighted by Gasteiger charge is 2.35. The van der Waals surface area contributed by atoms with Crippen LogP contribution in [0.2, 0.25) is 0 Å². The first-order valence-corrected chi connectivity index (χ1v) is 20.8. The van der Waals surface area contributed by atoms with Crippen molar-refractivity contribution in [2.75, 3.05) is 0 Å². The second-order valence-electron chi connectivity index (χ2n) is 15.9. The Morgan fingerprint density at radius 1 is 0.390 bits per heavy atom. The smallest absolute Gasteiger partial charge is 0.164 e. The fourth-order valence-corrected chi connectivity index (χ4v) is 10.4. The van der Waals surface area contributed by atoms with Crippen LogP contribution < -0.4 is 0 Å². The van der Waals surface area contributed by atoms with Crippen molar-refractivity contribution < 1.29 is 4.42 Å². The minimum atomic E-state index is -0.00581. The lowest BCUT2D eigenvalue weighted by Crippen LogP contribution is -2.14. The number of rotatable bonds is 5. The van der Waals surface area contributed by atoms with Gasteiger partial charge in [0.05, 0.1) is 0 Å². The molecule has 59 heavy (non-hydrogen) atoms. The number of nitrogens with zero attached hydrogens (tertiary/aromatic N) is 3. The maximum atomic E-state index is 6.51. The third kappa shape index (κ3) is 5.32. The number of hydrogen-bond donors (Lipinski definition) is 0. The van der Waals surface area contributed by atoms with Crippen LogP contribution >= 0.6 is 11.3 Å². The monoisotopic (exact) mass is 773 g/mol. The van der Waals surface area contributed by atoms with Crippen molar-refractivity contribution in [2.24, 2.45) is 0 Å². The van der Waals surface area contributed by atoms with Gasteiger partial charge in [0.15, 0.2) is 17.5 Å². The molecule has 0 atom stereocenters. The van der Waals surface area contributed by atoms with Gasteiger partial charge in [0, 0.05) is 53.1 Å². The molecule has 1 aliphatic rings. The molecule has 3 heterocycles. The van der Waals surface area contributed by atoms with Gasteiger partial charge in [-0.05, 0) is 80.9 Å². The molecular weight excluding hydrogens is 739 g/mol. The summed E-state index contributed by atoms with van der Waals surface area (Å²) in [7, 11) is 0. The first-order valence-electron chi connectivity index (χ1n) is 20.0. The van der Waals surface area contributed by atoms with Gasteiger partial charge in [0.2, 0.25) is 0 Å². The summed E-state index contributed by atoms with van der Waals surface area (Å²) in [6, 6.07) is 62.5. The third-order valence-corrected chi connectivity index (χ3v) is 13.3. The SMILES string of the molecule is CC1(C)c2ccccc2-c2cc(-c3ccc(-c4ccc5oc6cccc(-c7nc(-c8ccccc8)nc(-c8cccc9sc%10ccccc%10c89)n7)c6c5c4)cc3)ccc21. The molecule has 11 aromatic rings. The Balaban J connectivity index is 0.976. The van der Waals surface area contributed by atoms with E-state index < -0.39 is 0 Å². The Hall–Kier alpha value is -7.21. The molecule has 0 amide bonds. The van der Waals surface area contributed by atoms with Crippen molar-refractivity contribution in [3.63, 3.8) is 0 Å². The lowest BCUT2D eigenvalue weighted by Gasteiger charge is -2.21. The van der Waals surface area contributed by atoms with E-state index in [0.29, 0.717) is 17.5 Å². The molecule has 0 unspecified atom stereocenters. The zero-order valence-corrected chi connectivity index (χ0v) is 33.2. The van der Waals surface area contributed by atoms with Crippen molar-refractivity contribution >= 4 is 53.4 Å². The Morgan fingerprint density at radius 2 is 0.983 bits per heavy atom. The molecular formula is C54H35N3OS. The number of hydrogen-bond acceptors (Lipinski definition) is 5. The van der Waals surface area contributed by atoms with Gasteiger partial charge in [0.1, 0.15) is 11.2 Å². The second kappa shape index (κ2) is 12.9. The van der Waals surface area contributed by atoms with E-state index in [1.807, 2.05) is 30.3 Å². The maximum absolute atomic E-state index is 6.51. The number of fused-ring (bicyclic) bond motifs is 9. The van der Waals surface area contributed by atoms with Crippen LogP contribution in [0.25, 0.3) is 110 Å². The molecule has 278 valence electrons. The summed E-state index contributed by atoms with van der Waals surface area (Å²) < 4.78 is 8.96. The largest absolute Gasteiger partial charge is 0.456 e. The van der Waals surface area contributed by atoms with Crippen molar-refractivity contribution in [1.29, 1.82) is 0 Å². The zero-order chi connectivity index (χ0) is 39.2. The lowest BCUT2D eigenvalue weighted by molar-refractivity contribution is 0.660. The average Bonchev–Trinajstić information content (AvgIpc) is 3.94. The van der Waals surface area contributed by atoms with E-state index in [4.69, 9.17) is 19.4 Å². The van der Waals surface area contributed by atoms with Gasteiger partial charge in [-0.3, -0.25) is 0 Å². The quantitative estimate of drug-likeness (QED) is 0.175. The van der Waals surface area contributed by atoms with E-state index in [-0.39, 0.29) is 5.41 Å². The normalized spacial score (nSPS) is 13.1. The predicted molar refractivity (Wildman–Crippen MR) is 245 cm³/mol. The average molecular weight is 774 g/mol. The highest BCUT2D eigenvalue weighted by atomic mass is 32.1. The molecule has 0 saturated heterocycles. The Morgan fingerprint density at radius 3 is 1.80 bits per heavy atom. The minimum Gasteiger partial charge on any atom is -0.456 e. The van der Waals surface area contributed by atoms with Crippen molar-refractivity contribution in [1.82, 2.24) is 15.0 Å². The summed E-state index contributed by atoms with van der Waals surface area (Å²) >= 11 is 1.79. The maximum Gasteiger partial charge on any atom is 0.164 e. The third-order valence-electron chi connectivity index (χ3n) is 12.2. The van der Waals surface area contributed by atoms with Gasteiger partial charge in [-0.1, -0.05) is 153 Å². The topological polar surface area (TPSA) is 51.8 Å². The fraction of sp³-hybridized carbons (Fsp3) is 0.0556.